The van der Waals surface area contributed by atoms with Crippen LogP contribution in [0.2, 0.25) is 0 Å². The molecule has 1 aromatic heterocycles. The van der Waals surface area contributed by atoms with Gasteiger partial charge in [0.2, 0.25) is 10.0 Å². The largest absolute Gasteiger partial charge is 0.308 e. The van der Waals surface area contributed by atoms with Gasteiger partial charge in [0.25, 0.3) is 0 Å². The molecule has 6 nitrogen and oxygen atoms in total. The number of sulfonamides is 1. The lowest BCUT2D eigenvalue weighted by molar-refractivity contribution is 0.222. The van der Waals surface area contributed by atoms with Crippen LogP contribution in [0.1, 0.15) is 5.56 Å². The maximum Gasteiger partial charge on any atom is 0.308 e. The number of rotatable bonds is 4. The molecule has 0 saturated carbocycles. The molecule has 0 amide bonds. The Bertz CT molecular complexity index is 1110. The van der Waals surface area contributed by atoms with Crippen LogP contribution in [0, 0.1) is 0 Å². The van der Waals surface area contributed by atoms with E-state index in [4.69, 9.17) is 0 Å². The summed E-state index contributed by atoms with van der Waals surface area (Å²) in [6, 6.07) is 14.8. The molecule has 0 aliphatic carbocycles. The normalized spacial score (nSPS) is 16.8. The molecule has 27 heavy (non-hydrogen) atoms. The number of likely N-dealkylation sites (N-methyl/N-ethyl adjacent to an activating group) is 1. The lowest BCUT2D eigenvalue weighted by atomic mass is 10.2. The summed E-state index contributed by atoms with van der Waals surface area (Å²) in [5.41, 5.74) is 1.81. The maximum absolute atomic E-state index is 12.9. The Hall–Kier alpha value is -2.00. The van der Waals surface area contributed by atoms with Gasteiger partial charge in [0, 0.05) is 26.2 Å². The number of aromatic nitrogens is 1. The van der Waals surface area contributed by atoms with Crippen molar-refractivity contribution in [1.29, 1.82) is 0 Å². The molecule has 3 aromatic rings. The number of nitrogens with zero attached hydrogens (tertiary/aromatic N) is 3. The highest BCUT2D eigenvalue weighted by Crippen LogP contribution is 2.25. The number of fused-ring (bicyclic) bond motifs is 1. The van der Waals surface area contributed by atoms with Crippen LogP contribution in [0.5, 0.6) is 0 Å². The van der Waals surface area contributed by atoms with Crippen molar-refractivity contribution in [2.45, 2.75) is 11.4 Å². The smallest absolute Gasteiger partial charge is 0.304 e. The summed E-state index contributed by atoms with van der Waals surface area (Å²) in [6.45, 7) is 2.90. The van der Waals surface area contributed by atoms with Gasteiger partial charge in [0.1, 0.15) is 0 Å². The van der Waals surface area contributed by atoms with Crippen molar-refractivity contribution < 1.29 is 8.42 Å². The van der Waals surface area contributed by atoms with Gasteiger partial charge in [-0.2, -0.15) is 4.31 Å². The zero-order valence-corrected chi connectivity index (χ0v) is 16.7. The van der Waals surface area contributed by atoms with E-state index in [0.717, 1.165) is 35.5 Å². The number of piperazine rings is 1. The third-order valence-electron chi connectivity index (χ3n) is 4.92. The van der Waals surface area contributed by atoms with Gasteiger partial charge in [-0.3, -0.25) is 9.36 Å². The van der Waals surface area contributed by atoms with Crippen LogP contribution in [0.15, 0.2) is 58.2 Å². The highest BCUT2D eigenvalue weighted by molar-refractivity contribution is 7.89. The minimum absolute atomic E-state index is 0.0806. The summed E-state index contributed by atoms with van der Waals surface area (Å²) in [4.78, 5) is 14.8. The molecule has 0 atom stereocenters. The number of benzene rings is 2. The Morgan fingerprint density at radius 1 is 1.00 bits per heavy atom. The lowest BCUT2D eigenvalue weighted by Gasteiger charge is -2.31. The van der Waals surface area contributed by atoms with E-state index in [1.54, 1.807) is 22.8 Å². The fourth-order valence-corrected chi connectivity index (χ4v) is 5.75. The molecule has 0 spiro atoms. The van der Waals surface area contributed by atoms with Gasteiger partial charge in [0.15, 0.2) is 0 Å². The second kappa shape index (κ2) is 7.20. The van der Waals surface area contributed by atoms with Crippen LogP contribution < -0.4 is 4.87 Å². The van der Waals surface area contributed by atoms with E-state index in [1.807, 2.05) is 37.4 Å². The van der Waals surface area contributed by atoms with Crippen LogP contribution in [-0.4, -0.2) is 55.4 Å². The summed E-state index contributed by atoms with van der Waals surface area (Å²) >= 11 is 1.09. The van der Waals surface area contributed by atoms with Crippen molar-refractivity contribution in [3.63, 3.8) is 0 Å². The molecule has 2 heterocycles. The Labute approximate surface area is 162 Å². The summed E-state index contributed by atoms with van der Waals surface area (Å²) < 4.78 is 29.8. The van der Waals surface area contributed by atoms with Gasteiger partial charge in [-0.15, -0.1) is 0 Å². The van der Waals surface area contributed by atoms with Crippen molar-refractivity contribution in [2.24, 2.45) is 0 Å². The first-order valence-corrected chi connectivity index (χ1v) is 11.1. The second-order valence-electron chi connectivity index (χ2n) is 6.78. The molecule has 1 aliphatic rings. The molecule has 8 heteroatoms. The summed E-state index contributed by atoms with van der Waals surface area (Å²) in [5.74, 6) is 0. The molecule has 1 fully saturated rings. The van der Waals surface area contributed by atoms with Gasteiger partial charge < -0.3 is 4.90 Å². The molecule has 0 bridgehead atoms. The standard InChI is InChI=1S/C19H21N3O3S2/c1-20-9-11-21(12-10-20)27(24,25)16-7-8-17-18(13-16)26-19(23)22(17)14-15-5-3-2-4-6-15/h2-8,13H,9-12,14H2,1H3. The third-order valence-corrected chi connectivity index (χ3v) is 7.76. The first-order chi connectivity index (χ1) is 12.9. The van der Waals surface area contributed by atoms with Crippen LogP contribution in [0.4, 0.5) is 0 Å². The SMILES string of the molecule is CN1CCN(S(=O)(=O)c2ccc3c(c2)sc(=O)n3Cc2ccccc2)CC1. The predicted octanol–water partition coefficient (Wildman–Crippen LogP) is 2.05. The number of thiazole rings is 1. The highest BCUT2D eigenvalue weighted by atomic mass is 32.2. The fourth-order valence-electron chi connectivity index (χ4n) is 3.30. The second-order valence-corrected chi connectivity index (χ2v) is 9.71. The molecular formula is C19H21N3O3S2. The Balaban J connectivity index is 1.68. The van der Waals surface area contributed by atoms with E-state index >= 15 is 0 Å². The average Bonchev–Trinajstić information content (AvgIpc) is 2.97. The zero-order valence-electron chi connectivity index (χ0n) is 15.0. The minimum Gasteiger partial charge on any atom is -0.304 e. The molecule has 1 aliphatic heterocycles. The third kappa shape index (κ3) is 3.58. The molecule has 0 radical (unpaired) electrons. The van der Waals surface area contributed by atoms with Crippen molar-refractivity contribution in [3.05, 3.63) is 63.8 Å². The Morgan fingerprint density at radius 2 is 1.70 bits per heavy atom. The Morgan fingerprint density at radius 3 is 2.41 bits per heavy atom. The van der Waals surface area contributed by atoms with Crippen molar-refractivity contribution >= 4 is 31.6 Å². The molecule has 0 unspecified atom stereocenters. The zero-order chi connectivity index (χ0) is 19.0. The molecule has 4 rings (SSSR count). The van der Waals surface area contributed by atoms with Gasteiger partial charge in [-0.25, -0.2) is 8.42 Å². The van der Waals surface area contributed by atoms with Gasteiger partial charge in [-0.1, -0.05) is 41.7 Å². The summed E-state index contributed by atoms with van der Waals surface area (Å²) in [5, 5.41) is 0. The molecule has 1 saturated heterocycles. The van der Waals surface area contributed by atoms with Crippen molar-refractivity contribution in [2.75, 3.05) is 33.2 Å². The number of hydrogen-bond acceptors (Lipinski definition) is 5. The molecule has 2 aromatic carbocycles. The minimum atomic E-state index is -3.54. The van der Waals surface area contributed by atoms with Crippen LogP contribution in [0.3, 0.4) is 0 Å². The number of hydrogen-bond donors (Lipinski definition) is 0. The highest BCUT2D eigenvalue weighted by Gasteiger charge is 2.28. The van der Waals surface area contributed by atoms with Gasteiger partial charge in [0.05, 0.1) is 21.7 Å². The monoisotopic (exact) mass is 403 g/mol. The van der Waals surface area contributed by atoms with E-state index in [-0.39, 0.29) is 9.77 Å². The lowest BCUT2D eigenvalue weighted by Crippen LogP contribution is -2.46. The first kappa shape index (κ1) is 18.4. The quantitative estimate of drug-likeness (QED) is 0.669. The summed E-state index contributed by atoms with van der Waals surface area (Å²) in [6.07, 6.45) is 0. The first-order valence-electron chi connectivity index (χ1n) is 8.81. The van der Waals surface area contributed by atoms with E-state index in [1.165, 1.54) is 4.31 Å². The average molecular weight is 404 g/mol. The van der Waals surface area contributed by atoms with Gasteiger partial charge >= 0.3 is 4.87 Å². The molecule has 142 valence electrons. The van der Waals surface area contributed by atoms with Crippen molar-refractivity contribution in [3.8, 4) is 0 Å². The van der Waals surface area contributed by atoms with Crippen LogP contribution in [-0.2, 0) is 16.6 Å². The van der Waals surface area contributed by atoms with Crippen LogP contribution in [0.25, 0.3) is 10.2 Å². The maximum atomic E-state index is 12.9. The Kier molecular flexibility index (Phi) is 4.90. The molecule has 0 N–H and O–H groups in total. The van der Waals surface area contributed by atoms with Crippen molar-refractivity contribution in [1.82, 2.24) is 13.8 Å². The summed E-state index contributed by atoms with van der Waals surface area (Å²) in [7, 11) is -1.55. The van der Waals surface area contributed by atoms with Crippen LogP contribution >= 0.6 is 11.3 Å². The van der Waals surface area contributed by atoms with Gasteiger partial charge in [-0.05, 0) is 30.8 Å². The van der Waals surface area contributed by atoms with E-state index in [0.29, 0.717) is 24.3 Å². The molecular weight excluding hydrogens is 382 g/mol. The van der Waals surface area contributed by atoms with E-state index < -0.39 is 10.0 Å². The topological polar surface area (TPSA) is 62.6 Å². The predicted molar refractivity (Wildman–Crippen MR) is 108 cm³/mol. The fraction of sp³-hybridized carbons (Fsp3) is 0.316. The van der Waals surface area contributed by atoms with E-state index in [9.17, 15) is 13.2 Å². The van der Waals surface area contributed by atoms with E-state index in [2.05, 4.69) is 4.90 Å².